The first kappa shape index (κ1) is 11.3. The molecule has 1 N–H and O–H groups in total. The quantitative estimate of drug-likeness (QED) is 0.900. The van der Waals surface area contributed by atoms with Crippen LogP contribution in [-0.2, 0) is 19.2 Å². The smallest absolute Gasteiger partial charge is 0.131 e. The van der Waals surface area contributed by atoms with Crippen molar-refractivity contribution in [2.45, 2.75) is 18.3 Å². The van der Waals surface area contributed by atoms with Gasteiger partial charge in [-0.05, 0) is 23.8 Å². The van der Waals surface area contributed by atoms with E-state index < -0.39 is 6.10 Å². The summed E-state index contributed by atoms with van der Waals surface area (Å²) in [6.45, 7) is 0. The van der Waals surface area contributed by atoms with Crippen molar-refractivity contribution in [3.63, 3.8) is 0 Å². The Morgan fingerprint density at radius 1 is 1.53 bits per heavy atom. The Balaban J connectivity index is 1.94. The summed E-state index contributed by atoms with van der Waals surface area (Å²) < 4.78 is 1.62. The number of rotatable bonds is 2. The van der Waals surface area contributed by atoms with Crippen molar-refractivity contribution in [2.24, 2.45) is 7.05 Å². The Morgan fingerprint density at radius 2 is 2.41 bits per heavy atom. The van der Waals surface area contributed by atoms with Gasteiger partial charge in [0.05, 0.1) is 11.9 Å². The Morgan fingerprint density at radius 3 is 3.12 bits per heavy atom. The van der Waals surface area contributed by atoms with Crippen LogP contribution in [0, 0.1) is 0 Å². The number of hydrogen-bond acceptors (Lipinski definition) is 5. The van der Waals surface area contributed by atoms with Crippen LogP contribution in [-0.4, -0.2) is 25.9 Å². The third-order valence-corrected chi connectivity index (χ3v) is 5.24. The zero-order chi connectivity index (χ0) is 11.8. The molecule has 0 saturated carbocycles. The van der Waals surface area contributed by atoms with Gasteiger partial charge in [-0.25, -0.2) is 4.68 Å². The second-order valence-electron chi connectivity index (χ2n) is 4.08. The molecule has 2 aromatic rings. The maximum atomic E-state index is 10.3. The average molecular weight is 267 g/mol. The summed E-state index contributed by atoms with van der Waals surface area (Å²) in [4.78, 5) is 2.43. The normalized spacial score (nSPS) is 16.8. The van der Waals surface area contributed by atoms with Crippen molar-refractivity contribution in [2.75, 3.05) is 5.75 Å². The van der Waals surface area contributed by atoms with Gasteiger partial charge in [-0.15, -0.1) is 16.4 Å². The van der Waals surface area contributed by atoms with Crippen molar-refractivity contribution < 1.29 is 5.11 Å². The lowest BCUT2D eigenvalue weighted by Gasteiger charge is -2.08. The maximum Gasteiger partial charge on any atom is 0.131 e. The molecule has 0 radical (unpaired) electrons. The summed E-state index contributed by atoms with van der Waals surface area (Å²) in [6, 6.07) is 2.13. The molecular formula is C11H13N3OS2. The Bertz CT molecular complexity index is 511. The molecular weight excluding hydrogens is 254 g/mol. The summed E-state index contributed by atoms with van der Waals surface area (Å²) in [6.07, 6.45) is 2.15. The van der Waals surface area contributed by atoms with Crippen LogP contribution in [0.2, 0.25) is 0 Å². The summed E-state index contributed by atoms with van der Waals surface area (Å²) in [5.41, 5.74) is 2.13. The van der Waals surface area contributed by atoms with Crippen LogP contribution in [0.4, 0.5) is 0 Å². The van der Waals surface area contributed by atoms with Gasteiger partial charge in [0.25, 0.3) is 0 Å². The molecule has 2 aromatic heterocycles. The highest BCUT2D eigenvalue weighted by atomic mass is 32.2. The molecule has 17 heavy (non-hydrogen) atoms. The number of aryl methyl sites for hydroxylation is 2. The van der Waals surface area contributed by atoms with Crippen LogP contribution in [0.15, 0.2) is 12.3 Å². The van der Waals surface area contributed by atoms with Gasteiger partial charge in [0.15, 0.2) is 0 Å². The number of nitrogens with zero attached hydrogens (tertiary/aromatic N) is 3. The second kappa shape index (κ2) is 4.44. The number of aliphatic hydroxyl groups is 1. The molecule has 0 aromatic carbocycles. The average Bonchev–Trinajstić information content (AvgIpc) is 2.93. The van der Waals surface area contributed by atoms with E-state index in [1.807, 2.05) is 11.8 Å². The van der Waals surface area contributed by atoms with E-state index in [1.165, 1.54) is 16.2 Å². The van der Waals surface area contributed by atoms with Crippen molar-refractivity contribution in [1.82, 2.24) is 15.0 Å². The molecule has 1 unspecified atom stereocenters. The molecule has 0 bridgehead atoms. The molecule has 1 aliphatic heterocycles. The molecule has 0 amide bonds. The van der Waals surface area contributed by atoms with Crippen LogP contribution in [0.1, 0.15) is 27.1 Å². The largest absolute Gasteiger partial charge is 0.381 e. The number of thioether (sulfide) groups is 1. The number of fused-ring (bicyclic) bond motifs is 1. The van der Waals surface area contributed by atoms with Crippen LogP contribution in [0.3, 0.4) is 0 Å². The van der Waals surface area contributed by atoms with E-state index in [4.69, 9.17) is 0 Å². The number of aromatic nitrogens is 3. The monoisotopic (exact) mass is 267 g/mol. The molecule has 1 atom stereocenters. The second-order valence-corrected chi connectivity index (χ2v) is 6.36. The first-order valence-corrected chi connectivity index (χ1v) is 7.44. The molecule has 6 heteroatoms. The van der Waals surface area contributed by atoms with Gasteiger partial charge >= 0.3 is 0 Å². The highest BCUT2D eigenvalue weighted by Crippen LogP contribution is 2.36. The van der Waals surface area contributed by atoms with Gasteiger partial charge in [-0.1, -0.05) is 5.21 Å². The minimum Gasteiger partial charge on any atom is -0.381 e. The zero-order valence-electron chi connectivity index (χ0n) is 9.46. The maximum absolute atomic E-state index is 10.3. The van der Waals surface area contributed by atoms with Crippen LogP contribution in [0.25, 0.3) is 0 Å². The fourth-order valence-corrected chi connectivity index (χ4v) is 4.37. The number of thiophene rings is 1. The van der Waals surface area contributed by atoms with E-state index in [9.17, 15) is 5.11 Å². The van der Waals surface area contributed by atoms with Gasteiger partial charge < -0.3 is 5.11 Å². The van der Waals surface area contributed by atoms with Crippen molar-refractivity contribution >= 4 is 23.1 Å². The predicted molar refractivity (Wildman–Crippen MR) is 69.2 cm³/mol. The van der Waals surface area contributed by atoms with Crippen molar-refractivity contribution in [3.8, 4) is 0 Å². The molecule has 3 rings (SSSR count). The summed E-state index contributed by atoms with van der Waals surface area (Å²) in [5, 5.41) is 18.0. The SMILES string of the molecule is Cn1nncc1C(O)c1cc2c(s1)CCSC2. The van der Waals surface area contributed by atoms with E-state index >= 15 is 0 Å². The molecule has 0 spiro atoms. The Labute approximate surface area is 108 Å². The highest BCUT2D eigenvalue weighted by molar-refractivity contribution is 7.98. The molecule has 3 heterocycles. The van der Waals surface area contributed by atoms with E-state index in [2.05, 4.69) is 16.4 Å². The number of hydrogen-bond donors (Lipinski definition) is 1. The van der Waals surface area contributed by atoms with E-state index in [1.54, 1.807) is 29.3 Å². The Kier molecular flexibility index (Phi) is 2.94. The van der Waals surface area contributed by atoms with Gasteiger partial charge in [0.1, 0.15) is 6.10 Å². The molecule has 0 saturated heterocycles. The third kappa shape index (κ3) is 2.00. The minimum absolute atomic E-state index is 0.601. The molecule has 0 aliphatic carbocycles. The predicted octanol–water partition coefficient (Wildman–Crippen LogP) is 1.75. The standard InChI is InChI=1S/C11H13N3OS2/c1-14-8(5-12-13-14)11(15)10-4-7-6-16-3-2-9(7)17-10/h4-5,11,15H,2-3,6H2,1H3. The van der Waals surface area contributed by atoms with Crippen LogP contribution >= 0.6 is 23.1 Å². The highest BCUT2D eigenvalue weighted by Gasteiger charge is 2.21. The van der Waals surface area contributed by atoms with Crippen LogP contribution < -0.4 is 0 Å². The van der Waals surface area contributed by atoms with Gasteiger partial charge in [-0.3, -0.25) is 0 Å². The summed E-state index contributed by atoms with van der Waals surface area (Å²) >= 11 is 3.68. The van der Waals surface area contributed by atoms with E-state index in [0.29, 0.717) is 0 Å². The van der Waals surface area contributed by atoms with Gasteiger partial charge in [-0.2, -0.15) is 11.8 Å². The van der Waals surface area contributed by atoms with Gasteiger partial charge in [0, 0.05) is 22.6 Å². The third-order valence-electron chi connectivity index (χ3n) is 2.95. The topological polar surface area (TPSA) is 50.9 Å². The lowest BCUT2D eigenvalue weighted by Crippen LogP contribution is -2.05. The van der Waals surface area contributed by atoms with Crippen molar-refractivity contribution in [3.05, 3.63) is 33.3 Å². The first-order chi connectivity index (χ1) is 8.25. The van der Waals surface area contributed by atoms with E-state index in [-0.39, 0.29) is 0 Å². The van der Waals surface area contributed by atoms with Crippen molar-refractivity contribution in [1.29, 1.82) is 0 Å². The first-order valence-electron chi connectivity index (χ1n) is 5.47. The van der Waals surface area contributed by atoms with Gasteiger partial charge in [0.2, 0.25) is 0 Å². The molecule has 0 fully saturated rings. The minimum atomic E-state index is -0.601. The molecule has 4 nitrogen and oxygen atoms in total. The lowest BCUT2D eigenvalue weighted by atomic mass is 10.2. The zero-order valence-corrected chi connectivity index (χ0v) is 11.1. The number of aliphatic hydroxyl groups excluding tert-OH is 1. The fraction of sp³-hybridized carbons (Fsp3) is 0.455. The molecule has 1 aliphatic rings. The van der Waals surface area contributed by atoms with Crippen LogP contribution in [0.5, 0.6) is 0 Å². The fourth-order valence-electron chi connectivity index (χ4n) is 2.00. The lowest BCUT2D eigenvalue weighted by molar-refractivity contribution is 0.213. The van der Waals surface area contributed by atoms with E-state index in [0.717, 1.165) is 22.7 Å². The summed E-state index contributed by atoms with van der Waals surface area (Å²) in [5.74, 6) is 2.26. The molecule has 90 valence electrons. The Hall–Kier alpha value is -0.850. The summed E-state index contributed by atoms with van der Waals surface area (Å²) in [7, 11) is 1.80.